The zero-order chi connectivity index (χ0) is 15.8. The van der Waals surface area contributed by atoms with E-state index >= 15 is 0 Å². The highest BCUT2D eigenvalue weighted by molar-refractivity contribution is 7.10. The number of aromatic amines is 1. The van der Waals surface area contributed by atoms with E-state index in [1.54, 1.807) is 11.3 Å². The van der Waals surface area contributed by atoms with Gasteiger partial charge >= 0.3 is 0 Å². The van der Waals surface area contributed by atoms with Crippen LogP contribution in [0.5, 0.6) is 0 Å². The van der Waals surface area contributed by atoms with Crippen LogP contribution in [0.15, 0.2) is 35.7 Å². The van der Waals surface area contributed by atoms with Crippen LogP contribution in [0.1, 0.15) is 35.0 Å². The molecule has 1 atom stereocenters. The number of hydrogen-bond donors (Lipinski definition) is 2. The number of halogens is 1. The molecule has 0 unspecified atom stereocenters. The van der Waals surface area contributed by atoms with Crippen LogP contribution < -0.4 is 5.32 Å². The Hall–Kier alpha value is -1.78. The molecule has 3 nitrogen and oxygen atoms in total. The SMILES string of the molecule is O=C(Cc1cccs1)N[C@@H]1CCCc2c1[nH]c1c(Cl)cccc21. The summed E-state index contributed by atoms with van der Waals surface area (Å²) >= 11 is 7.93. The molecule has 0 spiro atoms. The third-order valence-corrected chi connectivity index (χ3v) is 5.63. The summed E-state index contributed by atoms with van der Waals surface area (Å²) < 4.78 is 0. The number of nitrogens with one attached hydrogen (secondary N) is 2. The van der Waals surface area contributed by atoms with Gasteiger partial charge in [-0.25, -0.2) is 0 Å². The van der Waals surface area contributed by atoms with Crippen molar-refractivity contribution in [2.24, 2.45) is 0 Å². The number of para-hydroxylation sites is 1. The smallest absolute Gasteiger partial charge is 0.225 e. The van der Waals surface area contributed by atoms with E-state index in [1.165, 1.54) is 10.9 Å². The van der Waals surface area contributed by atoms with Gasteiger partial charge < -0.3 is 10.3 Å². The van der Waals surface area contributed by atoms with Gasteiger partial charge in [0.05, 0.1) is 23.0 Å². The Labute approximate surface area is 143 Å². The maximum absolute atomic E-state index is 12.3. The lowest BCUT2D eigenvalue weighted by Gasteiger charge is -2.23. The van der Waals surface area contributed by atoms with Gasteiger partial charge in [-0.05, 0) is 42.3 Å². The minimum absolute atomic E-state index is 0.0506. The van der Waals surface area contributed by atoms with Crippen molar-refractivity contribution in [3.63, 3.8) is 0 Å². The summed E-state index contributed by atoms with van der Waals surface area (Å²) in [4.78, 5) is 16.9. The lowest BCUT2D eigenvalue weighted by molar-refractivity contribution is -0.121. The van der Waals surface area contributed by atoms with Crippen molar-refractivity contribution in [1.29, 1.82) is 0 Å². The van der Waals surface area contributed by atoms with E-state index in [2.05, 4.69) is 16.4 Å². The minimum atomic E-state index is 0.0506. The molecular weight excluding hydrogens is 328 g/mol. The van der Waals surface area contributed by atoms with Crippen molar-refractivity contribution < 1.29 is 4.79 Å². The van der Waals surface area contributed by atoms with Crippen LogP contribution in [0.3, 0.4) is 0 Å². The van der Waals surface area contributed by atoms with Crippen LogP contribution in [-0.2, 0) is 17.6 Å². The van der Waals surface area contributed by atoms with Crippen LogP contribution in [-0.4, -0.2) is 10.9 Å². The minimum Gasteiger partial charge on any atom is -0.355 e. The van der Waals surface area contributed by atoms with E-state index in [9.17, 15) is 4.79 Å². The molecule has 1 aliphatic carbocycles. The number of aryl methyl sites for hydroxylation is 1. The van der Waals surface area contributed by atoms with Crippen molar-refractivity contribution >= 4 is 39.7 Å². The largest absolute Gasteiger partial charge is 0.355 e. The zero-order valence-electron chi connectivity index (χ0n) is 12.6. The quantitative estimate of drug-likeness (QED) is 0.715. The molecule has 0 saturated heterocycles. The molecule has 3 aromatic rings. The van der Waals surface area contributed by atoms with Crippen LogP contribution in [0, 0.1) is 0 Å². The molecule has 23 heavy (non-hydrogen) atoms. The van der Waals surface area contributed by atoms with Gasteiger partial charge in [-0.3, -0.25) is 4.79 Å². The molecule has 0 radical (unpaired) electrons. The number of H-pyrrole nitrogens is 1. The molecule has 1 aliphatic rings. The number of fused-ring (bicyclic) bond motifs is 3. The molecule has 0 fully saturated rings. The average molecular weight is 345 g/mol. The fourth-order valence-electron chi connectivity index (χ4n) is 3.41. The van der Waals surface area contributed by atoms with E-state index in [0.29, 0.717) is 6.42 Å². The first kappa shape index (κ1) is 14.8. The molecule has 2 heterocycles. The van der Waals surface area contributed by atoms with E-state index in [-0.39, 0.29) is 11.9 Å². The number of rotatable bonds is 3. The molecule has 0 bridgehead atoms. The Morgan fingerprint density at radius 2 is 2.26 bits per heavy atom. The summed E-state index contributed by atoms with van der Waals surface area (Å²) in [6.45, 7) is 0. The molecule has 0 saturated carbocycles. The molecule has 4 rings (SSSR count). The summed E-state index contributed by atoms with van der Waals surface area (Å²) in [5.74, 6) is 0.0788. The lowest BCUT2D eigenvalue weighted by atomic mass is 9.91. The molecule has 1 aromatic carbocycles. The molecule has 5 heteroatoms. The number of hydrogen-bond acceptors (Lipinski definition) is 2. The number of amides is 1. The highest BCUT2D eigenvalue weighted by Crippen LogP contribution is 2.36. The summed E-state index contributed by atoms with van der Waals surface area (Å²) in [6, 6.07) is 10.0. The fourth-order valence-corrected chi connectivity index (χ4v) is 4.34. The van der Waals surface area contributed by atoms with Crippen molar-refractivity contribution in [1.82, 2.24) is 10.3 Å². The van der Waals surface area contributed by atoms with Gasteiger partial charge in [-0.1, -0.05) is 29.8 Å². The van der Waals surface area contributed by atoms with E-state index in [1.807, 2.05) is 29.6 Å². The van der Waals surface area contributed by atoms with Crippen molar-refractivity contribution in [2.75, 3.05) is 0 Å². The predicted molar refractivity (Wildman–Crippen MR) is 95.2 cm³/mol. The Balaban J connectivity index is 1.61. The van der Waals surface area contributed by atoms with E-state index in [0.717, 1.165) is 40.4 Å². The van der Waals surface area contributed by atoms with Gasteiger partial charge in [0, 0.05) is 16.0 Å². The Morgan fingerprint density at radius 1 is 1.35 bits per heavy atom. The second kappa shape index (κ2) is 6.02. The second-order valence-electron chi connectivity index (χ2n) is 5.95. The number of carbonyl (C=O) groups excluding carboxylic acids is 1. The first-order valence-electron chi connectivity index (χ1n) is 7.83. The molecule has 0 aliphatic heterocycles. The van der Waals surface area contributed by atoms with Gasteiger partial charge in [0.15, 0.2) is 0 Å². The number of carbonyl (C=O) groups is 1. The summed E-state index contributed by atoms with van der Waals surface area (Å²) in [7, 11) is 0. The van der Waals surface area contributed by atoms with E-state index in [4.69, 9.17) is 11.6 Å². The second-order valence-corrected chi connectivity index (χ2v) is 7.39. The summed E-state index contributed by atoms with van der Waals surface area (Å²) in [6.07, 6.45) is 3.53. The van der Waals surface area contributed by atoms with Crippen molar-refractivity contribution in [2.45, 2.75) is 31.7 Å². The van der Waals surface area contributed by atoms with Crippen molar-refractivity contribution in [3.05, 3.63) is 56.9 Å². The maximum atomic E-state index is 12.3. The standard InChI is InChI=1S/C18H17ClN2OS/c19-14-7-1-5-12-13-6-2-8-15(18(13)21-17(12)14)20-16(22)10-11-4-3-9-23-11/h1,3-5,7,9,15,21H,2,6,8,10H2,(H,20,22)/t15-/m1/s1. The normalized spacial score (nSPS) is 17.2. The fraction of sp³-hybridized carbons (Fsp3) is 0.278. The summed E-state index contributed by atoms with van der Waals surface area (Å²) in [5, 5.41) is 7.11. The van der Waals surface area contributed by atoms with Crippen LogP contribution >= 0.6 is 22.9 Å². The Bertz CT molecular complexity index is 853. The monoisotopic (exact) mass is 344 g/mol. The average Bonchev–Trinajstić information content (AvgIpc) is 3.16. The van der Waals surface area contributed by atoms with Crippen LogP contribution in [0.2, 0.25) is 5.02 Å². The lowest BCUT2D eigenvalue weighted by Crippen LogP contribution is -2.32. The number of thiophene rings is 1. The highest BCUT2D eigenvalue weighted by atomic mass is 35.5. The third kappa shape index (κ3) is 2.77. The van der Waals surface area contributed by atoms with Crippen molar-refractivity contribution in [3.8, 4) is 0 Å². The van der Waals surface area contributed by atoms with Gasteiger partial charge in [-0.15, -0.1) is 11.3 Å². The summed E-state index contributed by atoms with van der Waals surface area (Å²) in [5.41, 5.74) is 3.41. The topological polar surface area (TPSA) is 44.9 Å². The Morgan fingerprint density at radius 3 is 3.09 bits per heavy atom. The highest BCUT2D eigenvalue weighted by Gasteiger charge is 2.26. The first-order chi connectivity index (χ1) is 11.2. The van der Waals surface area contributed by atoms with Gasteiger partial charge in [0.25, 0.3) is 0 Å². The maximum Gasteiger partial charge on any atom is 0.225 e. The zero-order valence-corrected chi connectivity index (χ0v) is 14.1. The molecule has 1 amide bonds. The molecule has 2 aromatic heterocycles. The van der Waals surface area contributed by atoms with Gasteiger partial charge in [0.2, 0.25) is 5.91 Å². The Kier molecular flexibility index (Phi) is 3.87. The molecule has 118 valence electrons. The van der Waals surface area contributed by atoms with E-state index < -0.39 is 0 Å². The van der Waals surface area contributed by atoms with Gasteiger partial charge in [0.1, 0.15) is 0 Å². The number of aromatic nitrogens is 1. The van der Waals surface area contributed by atoms with Gasteiger partial charge in [-0.2, -0.15) is 0 Å². The third-order valence-electron chi connectivity index (χ3n) is 4.44. The van der Waals surface area contributed by atoms with Crippen LogP contribution in [0.25, 0.3) is 10.9 Å². The van der Waals surface area contributed by atoms with Crippen LogP contribution in [0.4, 0.5) is 0 Å². The number of benzene rings is 1. The predicted octanol–water partition coefficient (Wildman–Crippen LogP) is 4.62. The first-order valence-corrected chi connectivity index (χ1v) is 9.09. The molecule has 2 N–H and O–H groups in total. The molecular formula is C18H17ClN2OS.